The van der Waals surface area contributed by atoms with Crippen LogP contribution >= 0.6 is 0 Å². The Hall–Kier alpha value is -1.67. The van der Waals surface area contributed by atoms with E-state index in [0.717, 1.165) is 25.0 Å². The number of hydrogen-bond acceptors (Lipinski definition) is 4. The van der Waals surface area contributed by atoms with Crippen LogP contribution in [0.5, 0.6) is 0 Å². The molecule has 2 amide bonds. The first-order valence-corrected chi connectivity index (χ1v) is 9.28. The number of anilines is 1. The molecule has 1 fully saturated rings. The summed E-state index contributed by atoms with van der Waals surface area (Å²) in [7, 11) is -3.18. The highest BCUT2D eigenvalue weighted by molar-refractivity contribution is 7.88. The summed E-state index contributed by atoms with van der Waals surface area (Å²) >= 11 is 0. The topological polar surface area (TPSA) is 82.6 Å². The van der Waals surface area contributed by atoms with Crippen molar-refractivity contribution in [3.8, 4) is 0 Å². The highest BCUT2D eigenvalue weighted by Gasteiger charge is 2.26. The number of nitrogens with one attached hydrogen (secondary N) is 1. The molecule has 1 N–H and O–H groups in total. The van der Waals surface area contributed by atoms with E-state index in [9.17, 15) is 13.2 Å². The molecule has 1 aliphatic carbocycles. The van der Waals surface area contributed by atoms with Crippen LogP contribution < -0.4 is 5.32 Å². The molecule has 2 heterocycles. The SMILES string of the molecule is CS(=O)(=O)N1CCN(C(=O)Nc2ccc3c(n2)CCC3)CC1. The van der Waals surface area contributed by atoms with Crippen LogP contribution in [0.15, 0.2) is 12.1 Å². The van der Waals surface area contributed by atoms with Gasteiger partial charge in [0.25, 0.3) is 0 Å². The van der Waals surface area contributed by atoms with Crippen molar-refractivity contribution in [1.29, 1.82) is 0 Å². The average molecular weight is 324 g/mol. The highest BCUT2D eigenvalue weighted by atomic mass is 32.2. The maximum absolute atomic E-state index is 12.2. The van der Waals surface area contributed by atoms with E-state index >= 15 is 0 Å². The van der Waals surface area contributed by atoms with Gasteiger partial charge in [-0.2, -0.15) is 4.31 Å². The number of piperazine rings is 1. The van der Waals surface area contributed by atoms with Crippen LogP contribution in [-0.2, 0) is 22.9 Å². The maximum Gasteiger partial charge on any atom is 0.323 e. The minimum Gasteiger partial charge on any atom is -0.322 e. The lowest BCUT2D eigenvalue weighted by Gasteiger charge is -2.33. The molecule has 120 valence electrons. The molecule has 7 nitrogen and oxygen atoms in total. The lowest BCUT2D eigenvalue weighted by molar-refractivity contribution is 0.184. The molecule has 0 saturated carbocycles. The van der Waals surface area contributed by atoms with Crippen molar-refractivity contribution in [1.82, 2.24) is 14.2 Å². The minimum absolute atomic E-state index is 0.224. The molecule has 0 radical (unpaired) electrons. The van der Waals surface area contributed by atoms with Crippen LogP contribution in [-0.4, -0.2) is 61.1 Å². The van der Waals surface area contributed by atoms with E-state index in [1.807, 2.05) is 12.1 Å². The van der Waals surface area contributed by atoms with Crippen molar-refractivity contribution in [2.24, 2.45) is 0 Å². The molecule has 0 atom stereocenters. The Morgan fingerprint density at radius 1 is 1.18 bits per heavy atom. The molecular formula is C14H20N4O3S. The zero-order chi connectivity index (χ0) is 15.7. The van der Waals surface area contributed by atoms with E-state index in [1.54, 1.807) is 4.90 Å². The van der Waals surface area contributed by atoms with Gasteiger partial charge in [0.15, 0.2) is 0 Å². The summed E-state index contributed by atoms with van der Waals surface area (Å²) in [5.74, 6) is 0.566. The highest BCUT2D eigenvalue weighted by Crippen LogP contribution is 2.21. The fraction of sp³-hybridized carbons (Fsp3) is 0.571. The van der Waals surface area contributed by atoms with Crippen molar-refractivity contribution in [3.63, 3.8) is 0 Å². The largest absolute Gasteiger partial charge is 0.323 e. The molecule has 1 aromatic heterocycles. The first kappa shape index (κ1) is 15.2. The second kappa shape index (κ2) is 5.85. The predicted molar refractivity (Wildman–Crippen MR) is 83.3 cm³/mol. The smallest absolute Gasteiger partial charge is 0.322 e. The Bertz CT molecular complexity index is 681. The number of nitrogens with zero attached hydrogens (tertiary/aromatic N) is 3. The Morgan fingerprint density at radius 3 is 2.59 bits per heavy atom. The zero-order valence-electron chi connectivity index (χ0n) is 12.6. The molecule has 0 aromatic carbocycles. The van der Waals surface area contributed by atoms with Gasteiger partial charge in [0, 0.05) is 31.9 Å². The lowest BCUT2D eigenvalue weighted by atomic mass is 10.2. The number of amides is 2. The summed E-state index contributed by atoms with van der Waals surface area (Å²) < 4.78 is 24.3. The van der Waals surface area contributed by atoms with Crippen LogP contribution in [0.1, 0.15) is 17.7 Å². The number of carbonyl (C=O) groups is 1. The molecule has 8 heteroatoms. The predicted octanol–water partition coefficient (Wildman–Crippen LogP) is 0.679. The van der Waals surface area contributed by atoms with E-state index in [1.165, 1.54) is 16.1 Å². The first-order chi connectivity index (χ1) is 10.4. The van der Waals surface area contributed by atoms with Crippen LogP contribution in [0.2, 0.25) is 0 Å². The summed E-state index contributed by atoms with van der Waals surface area (Å²) in [6.07, 6.45) is 4.33. The van der Waals surface area contributed by atoms with Crippen molar-refractivity contribution in [2.45, 2.75) is 19.3 Å². The van der Waals surface area contributed by atoms with E-state index in [0.29, 0.717) is 32.0 Å². The van der Waals surface area contributed by atoms with Gasteiger partial charge in [-0.15, -0.1) is 0 Å². The molecule has 1 saturated heterocycles. The van der Waals surface area contributed by atoms with E-state index in [-0.39, 0.29) is 6.03 Å². The number of hydrogen-bond donors (Lipinski definition) is 1. The van der Waals surface area contributed by atoms with Crippen LogP contribution in [0.25, 0.3) is 0 Å². The van der Waals surface area contributed by atoms with Crippen LogP contribution in [0.4, 0.5) is 10.6 Å². The van der Waals surface area contributed by atoms with Crippen LogP contribution in [0, 0.1) is 0 Å². The number of sulfonamides is 1. The van der Waals surface area contributed by atoms with E-state index < -0.39 is 10.0 Å². The van der Waals surface area contributed by atoms with Gasteiger partial charge in [0.2, 0.25) is 10.0 Å². The molecule has 1 aromatic rings. The van der Waals surface area contributed by atoms with Gasteiger partial charge in [-0.05, 0) is 30.9 Å². The fourth-order valence-corrected chi connectivity index (χ4v) is 3.73. The average Bonchev–Trinajstić information content (AvgIpc) is 2.94. The quantitative estimate of drug-likeness (QED) is 0.867. The number of urea groups is 1. The lowest BCUT2D eigenvalue weighted by Crippen LogP contribution is -2.51. The standard InChI is InChI=1S/C14H20N4O3S/c1-22(20,21)18-9-7-17(8-10-18)14(19)16-13-6-5-11-3-2-4-12(11)15-13/h5-6H,2-4,7-10H2,1H3,(H,15,16,19). The maximum atomic E-state index is 12.2. The molecule has 0 spiro atoms. The Balaban J connectivity index is 1.59. The van der Waals surface area contributed by atoms with Crippen molar-refractivity contribution >= 4 is 21.9 Å². The minimum atomic E-state index is -3.18. The molecule has 1 aliphatic heterocycles. The monoisotopic (exact) mass is 324 g/mol. The van der Waals surface area contributed by atoms with E-state index in [2.05, 4.69) is 10.3 Å². The van der Waals surface area contributed by atoms with Crippen molar-refractivity contribution < 1.29 is 13.2 Å². The Labute approximate surface area is 130 Å². The first-order valence-electron chi connectivity index (χ1n) is 7.43. The third-order valence-corrected chi connectivity index (χ3v) is 5.46. The number of pyridine rings is 1. The second-order valence-corrected chi connectivity index (χ2v) is 7.72. The summed E-state index contributed by atoms with van der Waals surface area (Å²) in [6, 6.07) is 3.63. The Kier molecular flexibility index (Phi) is 4.05. The molecule has 0 unspecified atom stereocenters. The second-order valence-electron chi connectivity index (χ2n) is 5.74. The van der Waals surface area contributed by atoms with Gasteiger partial charge >= 0.3 is 6.03 Å². The zero-order valence-corrected chi connectivity index (χ0v) is 13.4. The third kappa shape index (κ3) is 3.22. The van der Waals surface area contributed by atoms with Crippen molar-refractivity contribution in [2.75, 3.05) is 37.8 Å². The summed E-state index contributed by atoms with van der Waals surface area (Å²) in [5, 5.41) is 2.80. The molecule has 22 heavy (non-hydrogen) atoms. The van der Waals surface area contributed by atoms with Gasteiger partial charge < -0.3 is 4.90 Å². The number of rotatable bonds is 2. The number of aromatic nitrogens is 1. The fourth-order valence-electron chi connectivity index (χ4n) is 2.90. The number of fused-ring (bicyclic) bond motifs is 1. The summed E-state index contributed by atoms with van der Waals surface area (Å²) in [5.41, 5.74) is 2.33. The molecule has 3 rings (SSSR count). The van der Waals surface area contributed by atoms with Crippen LogP contribution in [0.3, 0.4) is 0 Å². The summed E-state index contributed by atoms with van der Waals surface area (Å²) in [6.45, 7) is 1.46. The Morgan fingerprint density at radius 2 is 1.91 bits per heavy atom. The van der Waals surface area contributed by atoms with Gasteiger partial charge in [-0.25, -0.2) is 18.2 Å². The summed E-state index contributed by atoms with van der Waals surface area (Å²) in [4.78, 5) is 18.3. The molecular weight excluding hydrogens is 304 g/mol. The molecule has 0 bridgehead atoms. The number of aryl methyl sites for hydroxylation is 2. The normalized spacial score (nSPS) is 19.0. The van der Waals surface area contributed by atoms with Gasteiger partial charge in [-0.3, -0.25) is 5.32 Å². The van der Waals surface area contributed by atoms with Gasteiger partial charge in [-0.1, -0.05) is 6.07 Å². The molecule has 2 aliphatic rings. The number of carbonyl (C=O) groups excluding carboxylic acids is 1. The van der Waals surface area contributed by atoms with Gasteiger partial charge in [0.05, 0.1) is 6.26 Å². The van der Waals surface area contributed by atoms with Gasteiger partial charge in [0.1, 0.15) is 5.82 Å². The van der Waals surface area contributed by atoms with Crippen molar-refractivity contribution in [3.05, 3.63) is 23.4 Å². The third-order valence-electron chi connectivity index (χ3n) is 4.16. The van der Waals surface area contributed by atoms with E-state index in [4.69, 9.17) is 0 Å².